The van der Waals surface area contributed by atoms with Crippen LogP contribution in [0.25, 0.3) is 0 Å². The third-order valence-electron chi connectivity index (χ3n) is 6.06. The maximum Gasteiger partial charge on any atom is 0.416 e. The van der Waals surface area contributed by atoms with Crippen LogP contribution in [0, 0.1) is 12.3 Å². The molecule has 0 aromatic heterocycles. The molecule has 3 fully saturated rings. The highest BCUT2D eigenvalue weighted by Gasteiger charge is 2.74. The summed E-state index contributed by atoms with van der Waals surface area (Å²) in [5.41, 5.74) is 0.0819. The molecule has 0 saturated heterocycles. The van der Waals surface area contributed by atoms with Gasteiger partial charge in [0.15, 0.2) is 15.6 Å². The number of ketones is 1. The van der Waals surface area contributed by atoms with Crippen molar-refractivity contribution in [2.24, 2.45) is 5.41 Å². The number of benzene rings is 2. The van der Waals surface area contributed by atoms with Crippen molar-refractivity contribution in [1.29, 1.82) is 0 Å². The van der Waals surface area contributed by atoms with Crippen LogP contribution < -0.4 is 0 Å². The number of halogens is 3. The minimum Gasteiger partial charge on any atom is -0.294 e. The van der Waals surface area contributed by atoms with Crippen LogP contribution in [-0.2, 0) is 16.0 Å². The molecule has 0 unspecified atom stereocenters. The molecule has 2 aromatic rings. The second-order valence-corrected chi connectivity index (χ2v) is 10.5. The Morgan fingerprint density at radius 1 is 0.964 bits per heavy atom. The summed E-state index contributed by atoms with van der Waals surface area (Å²) < 4.78 is 63.0. The van der Waals surface area contributed by atoms with Gasteiger partial charge in [-0.05, 0) is 55.9 Å². The number of rotatable bonds is 5. The molecule has 28 heavy (non-hydrogen) atoms. The fourth-order valence-corrected chi connectivity index (χ4v) is 7.11. The van der Waals surface area contributed by atoms with Gasteiger partial charge in [0.2, 0.25) is 0 Å². The van der Waals surface area contributed by atoms with Gasteiger partial charge in [-0.15, -0.1) is 0 Å². The van der Waals surface area contributed by atoms with Crippen molar-refractivity contribution in [1.82, 2.24) is 0 Å². The zero-order chi connectivity index (χ0) is 20.4. The number of alkyl halides is 3. The van der Waals surface area contributed by atoms with E-state index < -0.39 is 26.3 Å². The quantitative estimate of drug-likeness (QED) is 0.656. The van der Waals surface area contributed by atoms with Crippen molar-refractivity contribution in [2.75, 3.05) is 0 Å². The minimum absolute atomic E-state index is 0.170. The first-order valence-electron chi connectivity index (χ1n) is 8.98. The predicted octanol–water partition coefficient (Wildman–Crippen LogP) is 4.98. The van der Waals surface area contributed by atoms with Crippen LogP contribution in [0.4, 0.5) is 13.2 Å². The molecule has 3 aliphatic rings. The Bertz CT molecular complexity index is 1020. The van der Waals surface area contributed by atoms with E-state index in [9.17, 15) is 26.4 Å². The smallest absolute Gasteiger partial charge is 0.294 e. The number of carbonyl (C=O) groups excluding carboxylic acids is 1. The average Bonchev–Trinajstić information content (AvgIpc) is 2.56. The van der Waals surface area contributed by atoms with Gasteiger partial charge in [-0.25, -0.2) is 8.42 Å². The summed E-state index contributed by atoms with van der Waals surface area (Å²) in [6.07, 6.45) is -2.97. The fraction of sp³-hybridized carbons (Fsp3) is 0.381. The fourth-order valence-electron chi connectivity index (χ4n) is 4.62. The topological polar surface area (TPSA) is 51.2 Å². The Kier molecular flexibility index (Phi) is 4.06. The third-order valence-corrected chi connectivity index (χ3v) is 8.53. The summed E-state index contributed by atoms with van der Waals surface area (Å²) in [6.45, 7) is 1.89. The monoisotopic (exact) mass is 408 g/mol. The van der Waals surface area contributed by atoms with Crippen molar-refractivity contribution in [3.8, 4) is 0 Å². The molecule has 5 rings (SSSR count). The average molecular weight is 408 g/mol. The van der Waals surface area contributed by atoms with Crippen LogP contribution >= 0.6 is 0 Å². The van der Waals surface area contributed by atoms with E-state index in [0.29, 0.717) is 24.2 Å². The Morgan fingerprint density at radius 3 is 2.00 bits per heavy atom. The molecular weight excluding hydrogens is 389 g/mol. The lowest BCUT2D eigenvalue weighted by molar-refractivity contribution is -0.137. The van der Waals surface area contributed by atoms with Crippen LogP contribution in [-0.4, -0.2) is 18.9 Å². The van der Waals surface area contributed by atoms with Crippen molar-refractivity contribution >= 4 is 15.6 Å². The number of sulfone groups is 1. The molecule has 2 bridgehead atoms. The second kappa shape index (κ2) is 5.92. The van der Waals surface area contributed by atoms with Crippen LogP contribution in [0.1, 0.15) is 47.2 Å². The first-order chi connectivity index (χ1) is 13.0. The van der Waals surface area contributed by atoms with Crippen LogP contribution in [0.15, 0.2) is 53.4 Å². The van der Waals surface area contributed by atoms with Gasteiger partial charge in [0.1, 0.15) is 0 Å². The lowest BCUT2D eigenvalue weighted by Crippen LogP contribution is -2.70. The van der Waals surface area contributed by atoms with Crippen molar-refractivity contribution in [3.63, 3.8) is 0 Å². The highest BCUT2D eigenvalue weighted by atomic mass is 32.2. The number of aryl methyl sites for hydroxylation is 1. The lowest BCUT2D eigenvalue weighted by atomic mass is 9.42. The Morgan fingerprint density at radius 2 is 1.50 bits per heavy atom. The molecule has 0 heterocycles. The largest absolute Gasteiger partial charge is 0.416 e. The van der Waals surface area contributed by atoms with Gasteiger partial charge in [-0.3, -0.25) is 4.79 Å². The summed E-state index contributed by atoms with van der Waals surface area (Å²) in [6, 6.07) is 10.9. The predicted molar refractivity (Wildman–Crippen MR) is 97.8 cm³/mol. The SMILES string of the molecule is Cc1ccc(S(=O)(=O)C23CC(CC(=O)c4ccc(C(F)(F)F)cc4)(C2)C3)cc1. The van der Waals surface area contributed by atoms with Gasteiger partial charge in [0.25, 0.3) is 0 Å². The van der Waals surface area contributed by atoms with Crippen LogP contribution in [0.5, 0.6) is 0 Å². The maximum atomic E-state index is 12.9. The molecule has 2 aromatic carbocycles. The first kappa shape index (κ1) is 19.2. The molecule has 0 amide bonds. The van der Waals surface area contributed by atoms with E-state index >= 15 is 0 Å². The summed E-state index contributed by atoms with van der Waals surface area (Å²) in [5, 5.41) is 0. The molecule has 0 spiro atoms. The van der Waals surface area contributed by atoms with Gasteiger partial charge in [0.05, 0.1) is 15.2 Å². The van der Waals surface area contributed by atoms with Gasteiger partial charge >= 0.3 is 6.18 Å². The van der Waals surface area contributed by atoms with Crippen LogP contribution in [0.2, 0.25) is 0 Å². The minimum atomic E-state index is -4.44. The molecule has 3 nitrogen and oxygen atoms in total. The number of Topliss-reactive ketones (excluding diaryl/α,β-unsaturated/α-hetero) is 1. The number of hydrogen-bond donors (Lipinski definition) is 0. The van der Waals surface area contributed by atoms with Crippen molar-refractivity contribution < 1.29 is 26.4 Å². The molecule has 0 atom stereocenters. The van der Waals surface area contributed by atoms with E-state index in [0.717, 1.165) is 17.7 Å². The standard InChI is InChI=1S/C21H19F3O3S/c1-14-2-8-17(9-3-14)28(26,27)20-11-19(12-20,13-20)10-18(25)15-4-6-16(7-5-15)21(22,23)24/h2-9H,10-13H2,1H3. The van der Waals surface area contributed by atoms with E-state index in [1.165, 1.54) is 12.1 Å². The molecule has 3 saturated carbocycles. The van der Waals surface area contributed by atoms with E-state index in [4.69, 9.17) is 0 Å². The van der Waals surface area contributed by atoms with E-state index in [1.807, 2.05) is 6.92 Å². The van der Waals surface area contributed by atoms with E-state index in [-0.39, 0.29) is 23.2 Å². The highest BCUT2D eigenvalue weighted by Crippen LogP contribution is 2.73. The van der Waals surface area contributed by atoms with Crippen LogP contribution in [0.3, 0.4) is 0 Å². The molecule has 0 N–H and O–H groups in total. The van der Waals surface area contributed by atoms with Gasteiger partial charge in [-0.2, -0.15) is 13.2 Å². The van der Waals surface area contributed by atoms with Gasteiger partial charge in [-0.1, -0.05) is 29.8 Å². The summed E-state index contributed by atoms with van der Waals surface area (Å²) in [4.78, 5) is 12.8. The molecule has 0 aliphatic heterocycles. The van der Waals surface area contributed by atoms with Gasteiger partial charge < -0.3 is 0 Å². The Labute approximate surface area is 161 Å². The summed E-state index contributed by atoms with van der Waals surface area (Å²) in [5.74, 6) is -0.241. The zero-order valence-corrected chi connectivity index (χ0v) is 16.0. The van der Waals surface area contributed by atoms with E-state index in [2.05, 4.69) is 0 Å². The zero-order valence-electron chi connectivity index (χ0n) is 15.2. The normalized spacial score (nSPS) is 26.3. The molecular formula is C21H19F3O3S. The maximum absolute atomic E-state index is 12.9. The van der Waals surface area contributed by atoms with Crippen molar-refractivity contribution in [3.05, 3.63) is 65.2 Å². The van der Waals surface area contributed by atoms with Gasteiger partial charge in [0, 0.05) is 12.0 Å². The number of hydrogen-bond acceptors (Lipinski definition) is 3. The number of carbonyl (C=O) groups is 1. The molecule has 7 heteroatoms. The molecule has 0 radical (unpaired) electrons. The molecule has 148 valence electrons. The Hall–Kier alpha value is -2.15. The second-order valence-electron chi connectivity index (χ2n) is 8.20. The van der Waals surface area contributed by atoms with Crippen molar-refractivity contribution in [2.45, 2.75) is 48.4 Å². The summed E-state index contributed by atoms with van der Waals surface area (Å²) >= 11 is 0. The van der Waals surface area contributed by atoms with E-state index in [1.54, 1.807) is 24.3 Å². The summed E-state index contributed by atoms with van der Waals surface area (Å²) in [7, 11) is -3.45. The Balaban J connectivity index is 1.43. The molecule has 3 aliphatic carbocycles. The lowest BCUT2D eigenvalue weighted by Gasteiger charge is -2.69. The highest BCUT2D eigenvalue weighted by molar-refractivity contribution is 7.93. The third kappa shape index (κ3) is 2.87. The first-order valence-corrected chi connectivity index (χ1v) is 10.5.